The van der Waals surface area contributed by atoms with Gasteiger partial charge in [-0.1, -0.05) is 42.5 Å². The van der Waals surface area contributed by atoms with Crippen LogP contribution in [0.2, 0.25) is 0 Å². The van der Waals surface area contributed by atoms with E-state index in [0.717, 1.165) is 17.7 Å². The standard InChI is InChI=1S/C21H16F3N3OS/c22-21(23,24)15-8-6-14(7-9-15)16-12-29-20(26-16)18-17(28)11-27(19(18)25)10-13-4-2-1-3-5-13/h1-9,12,25,28H,10-11H2. The number of rotatable bonds is 4. The largest absolute Gasteiger partial charge is 0.510 e. The monoisotopic (exact) mass is 415 g/mol. The number of nitrogens with zero attached hydrogens (tertiary/aromatic N) is 2. The highest BCUT2D eigenvalue weighted by atomic mass is 32.1. The van der Waals surface area contributed by atoms with E-state index in [1.54, 1.807) is 10.3 Å². The van der Waals surface area contributed by atoms with Gasteiger partial charge in [0.2, 0.25) is 0 Å². The molecule has 0 bridgehead atoms. The van der Waals surface area contributed by atoms with E-state index < -0.39 is 11.7 Å². The molecule has 2 aromatic carbocycles. The zero-order valence-corrected chi connectivity index (χ0v) is 15.9. The molecule has 0 amide bonds. The lowest BCUT2D eigenvalue weighted by Crippen LogP contribution is -2.25. The summed E-state index contributed by atoms with van der Waals surface area (Å²) < 4.78 is 38.2. The lowest BCUT2D eigenvalue weighted by atomic mass is 10.1. The highest BCUT2D eigenvalue weighted by Gasteiger charge is 2.31. The first-order valence-electron chi connectivity index (χ1n) is 8.76. The summed E-state index contributed by atoms with van der Waals surface area (Å²) in [6.07, 6.45) is -4.39. The summed E-state index contributed by atoms with van der Waals surface area (Å²) >= 11 is 1.25. The van der Waals surface area contributed by atoms with Gasteiger partial charge < -0.3 is 10.0 Å². The second-order valence-corrected chi connectivity index (χ2v) is 7.48. The zero-order valence-electron chi connectivity index (χ0n) is 15.1. The van der Waals surface area contributed by atoms with E-state index in [4.69, 9.17) is 5.41 Å². The number of hydrogen-bond acceptors (Lipinski definition) is 4. The first kappa shape index (κ1) is 19.2. The molecule has 0 spiro atoms. The number of nitrogens with one attached hydrogen (secondary N) is 1. The zero-order chi connectivity index (χ0) is 20.6. The molecule has 1 aliphatic rings. The molecule has 0 saturated heterocycles. The minimum Gasteiger partial charge on any atom is -0.510 e. The van der Waals surface area contributed by atoms with E-state index >= 15 is 0 Å². The molecule has 1 aliphatic heterocycles. The predicted octanol–water partition coefficient (Wildman–Crippen LogP) is 5.59. The molecular formula is C21H16F3N3OS. The molecule has 2 N–H and O–H groups in total. The average Bonchev–Trinajstić information content (AvgIpc) is 3.27. The number of amidine groups is 1. The summed E-state index contributed by atoms with van der Waals surface area (Å²) in [7, 11) is 0. The molecule has 3 aromatic rings. The lowest BCUT2D eigenvalue weighted by molar-refractivity contribution is -0.137. The molecule has 0 radical (unpaired) electrons. The van der Waals surface area contributed by atoms with Gasteiger partial charge in [0, 0.05) is 17.5 Å². The smallest absolute Gasteiger partial charge is 0.416 e. The van der Waals surface area contributed by atoms with Crippen LogP contribution in [0.4, 0.5) is 13.2 Å². The average molecular weight is 415 g/mol. The van der Waals surface area contributed by atoms with Crippen LogP contribution in [0.15, 0.2) is 65.7 Å². The summed E-state index contributed by atoms with van der Waals surface area (Å²) in [6, 6.07) is 14.4. The number of hydrogen-bond donors (Lipinski definition) is 2. The third kappa shape index (κ3) is 3.88. The number of aliphatic hydroxyl groups excluding tert-OH is 1. The molecule has 0 fully saturated rings. The third-order valence-corrected chi connectivity index (χ3v) is 5.48. The molecule has 2 heterocycles. The molecule has 0 saturated carbocycles. The van der Waals surface area contributed by atoms with E-state index in [2.05, 4.69) is 4.98 Å². The maximum atomic E-state index is 12.7. The van der Waals surface area contributed by atoms with Crippen LogP contribution >= 0.6 is 11.3 Å². The quantitative estimate of drug-likeness (QED) is 0.584. The molecule has 0 atom stereocenters. The molecule has 4 nitrogen and oxygen atoms in total. The summed E-state index contributed by atoms with van der Waals surface area (Å²) in [6.45, 7) is 0.711. The Balaban J connectivity index is 1.54. The van der Waals surface area contributed by atoms with Crippen LogP contribution in [0.3, 0.4) is 0 Å². The minimum absolute atomic E-state index is 0.0688. The van der Waals surface area contributed by atoms with Gasteiger partial charge in [-0.2, -0.15) is 13.2 Å². The Morgan fingerprint density at radius 3 is 2.41 bits per heavy atom. The van der Waals surface area contributed by atoms with Crippen LogP contribution in [-0.2, 0) is 12.7 Å². The van der Waals surface area contributed by atoms with Crippen molar-refractivity contribution in [2.45, 2.75) is 12.7 Å². The second kappa shape index (κ2) is 7.36. The molecule has 1 aromatic heterocycles. The molecule has 4 rings (SSSR count). The fourth-order valence-corrected chi connectivity index (χ4v) is 4.04. The highest BCUT2D eigenvalue weighted by Crippen LogP contribution is 2.34. The summed E-state index contributed by atoms with van der Waals surface area (Å²) in [5.41, 5.74) is 1.73. The molecule has 0 aliphatic carbocycles. The fraction of sp³-hybridized carbons (Fsp3) is 0.143. The van der Waals surface area contributed by atoms with Crippen LogP contribution in [0.25, 0.3) is 16.8 Å². The van der Waals surface area contributed by atoms with Crippen molar-refractivity contribution in [1.82, 2.24) is 9.88 Å². The Bertz CT molecular complexity index is 1070. The van der Waals surface area contributed by atoms with Gasteiger partial charge in [0.15, 0.2) is 0 Å². The van der Waals surface area contributed by atoms with Gasteiger partial charge in [-0.15, -0.1) is 11.3 Å². The van der Waals surface area contributed by atoms with Crippen LogP contribution in [0.1, 0.15) is 16.1 Å². The Morgan fingerprint density at radius 2 is 1.76 bits per heavy atom. The van der Waals surface area contributed by atoms with Gasteiger partial charge in [-0.3, -0.25) is 5.41 Å². The van der Waals surface area contributed by atoms with Crippen LogP contribution in [0.5, 0.6) is 0 Å². The Morgan fingerprint density at radius 1 is 1.07 bits per heavy atom. The van der Waals surface area contributed by atoms with Crippen molar-refractivity contribution in [3.8, 4) is 11.3 Å². The van der Waals surface area contributed by atoms with Crippen molar-refractivity contribution in [3.05, 3.63) is 81.9 Å². The second-order valence-electron chi connectivity index (χ2n) is 6.62. The molecule has 29 heavy (non-hydrogen) atoms. The number of thiazole rings is 1. The SMILES string of the molecule is N=C1C(c2nc(-c3ccc(C(F)(F)F)cc3)cs2)=C(O)CN1Cc1ccccc1. The number of alkyl halides is 3. The fourth-order valence-electron chi connectivity index (χ4n) is 3.15. The summed E-state index contributed by atoms with van der Waals surface area (Å²) in [5.74, 6) is 0.249. The maximum absolute atomic E-state index is 12.7. The van der Waals surface area contributed by atoms with Crippen LogP contribution in [0, 0.1) is 5.41 Å². The number of aliphatic hydroxyl groups is 1. The highest BCUT2D eigenvalue weighted by molar-refractivity contribution is 7.11. The first-order chi connectivity index (χ1) is 13.8. The van der Waals surface area contributed by atoms with Gasteiger partial charge in [-0.25, -0.2) is 4.98 Å². The summed E-state index contributed by atoms with van der Waals surface area (Å²) in [5, 5.41) is 21.0. The van der Waals surface area contributed by atoms with Crippen LogP contribution < -0.4 is 0 Å². The summed E-state index contributed by atoms with van der Waals surface area (Å²) in [4.78, 5) is 6.20. The number of halogens is 3. The van der Waals surface area contributed by atoms with Crippen LogP contribution in [-0.4, -0.2) is 27.4 Å². The Labute approximate surface area is 169 Å². The van der Waals surface area contributed by atoms with Crippen molar-refractivity contribution < 1.29 is 18.3 Å². The minimum atomic E-state index is -4.39. The predicted molar refractivity (Wildman–Crippen MR) is 107 cm³/mol. The van der Waals surface area contributed by atoms with Gasteiger partial charge in [0.25, 0.3) is 0 Å². The number of benzene rings is 2. The molecule has 0 unspecified atom stereocenters. The normalized spacial score (nSPS) is 14.7. The van der Waals surface area contributed by atoms with E-state index in [1.807, 2.05) is 30.3 Å². The Kier molecular flexibility index (Phi) is 4.87. The van der Waals surface area contributed by atoms with E-state index in [1.165, 1.54) is 23.5 Å². The van der Waals surface area contributed by atoms with E-state index in [-0.39, 0.29) is 18.1 Å². The third-order valence-electron chi connectivity index (χ3n) is 4.62. The van der Waals surface area contributed by atoms with Gasteiger partial charge in [0.05, 0.1) is 23.4 Å². The van der Waals surface area contributed by atoms with Gasteiger partial charge in [0.1, 0.15) is 16.6 Å². The van der Waals surface area contributed by atoms with E-state index in [0.29, 0.717) is 28.4 Å². The molecular weight excluding hydrogens is 399 g/mol. The lowest BCUT2D eigenvalue weighted by Gasteiger charge is -2.18. The van der Waals surface area contributed by atoms with Crippen molar-refractivity contribution in [2.24, 2.45) is 0 Å². The number of aromatic nitrogens is 1. The maximum Gasteiger partial charge on any atom is 0.416 e. The van der Waals surface area contributed by atoms with Gasteiger partial charge >= 0.3 is 6.18 Å². The van der Waals surface area contributed by atoms with Crippen molar-refractivity contribution in [2.75, 3.05) is 6.54 Å². The topological polar surface area (TPSA) is 60.2 Å². The first-order valence-corrected chi connectivity index (χ1v) is 9.64. The van der Waals surface area contributed by atoms with Gasteiger partial charge in [-0.05, 0) is 17.7 Å². The van der Waals surface area contributed by atoms with Crippen molar-refractivity contribution >= 4 is 22.7 Å². The van der Waals surface area contributed by atoms with Crippen molar-refractivity contribution in [1.29, 1.82) is 5.41 Å². The molecule has 8 heteroatoms. The molecule has 148 valence electrons. The van der Waals surface area contributed by atoms with Crippen molar-refractivity contribution in [3.63, 3.8) is 0 Å². The Hall–Kier alpha value is -3.13. The van der Waals surface area contributed by atoms with E-state index in [9.17, 15) is 18.3 Å².